The van der Waals surface area contributed by atoms with E-state index in [9.17, 15) is 4.79 Å². The molecule has 0 radical (unpaired) electrons. The zero-order chi connectivity index (χ0) is 29.4. The minimum Gasteiger partial charge on any atom is -0.381 e. The predicted molar refractivity (Wildman–Crippen MR) is 155 cm³/mol. The van der Waals surface area contributed by atoms with Gasteiger partial charge in [0, 0.05) is 38.4 Å². The molecule has 42 heavy (non-hydrogen) atoms. The number of nitrogens with two attached hydrogens (primary N) is 1. The molecule has 0 bridgehead atoms. The Balaban J connectivity index is 1.28. The number of anilines is 2. The van der Waals surface area contributed by atoms with Gasteiger partial charge in [-0.25, -0.2) is 13.8 Å². The van der Waals surface area contributed by atoms with Crippen LogP contribution in [0.5, 0.6) is 0 Å². The number of benzene rings is 1. The molecule has 1 saturated heterocycles. The van der Waals surface area contributed by atoms with Crippen LogP contribution in [0.2, 0.25) is 0 Å². The number of pyridine rings is 1. The highest BCUT2D eigenvalue weighted by Gasteiger charge is 2.35. The van der Waals surface area contributed by atoms with Crippen molar-refractivity contribution >= 4 is 23.1 Å². The summed E-state index contributed by atoms with van der Waals surface area (Å²) < 4.78 is 37.6. The molecule has 4 N–H and O–H groups in total. The van der Waals surface area contributed by atoms with Gasteiger partial charge in [-0.15, -0.1) is 0 Å². The lowest BCUT2D eigenvalue weighted by Gasteiger charge is -2.39. The Kier molecular flexibility index (Phi) is 7.87. The Morgan fingerprint density at radius 2 is 1.83 bits per heavy atom. The Labute approximate surface area is 242 Å². The van der Waals surface area contributed by atoms with Crippen LogP contribution in [0, 0.1) is 17.6 Å². The molecule has 1 aliphatic heterocycles. The lowest BCUT2D eigenvalue weighted by molar-refractivity contribution is -0.120. The standard InChI is InChI=1S/C31H35F2N7O2/c1-17-11-21(14-26(34)30(17)37-18(2)41)23-5-8-35-16-28(23)38-31-36-15-22-3-4-27(39-40(22)31)29-24(32)12-20(13-25(29)33)19-6-9-42-10-7-19/h3-5,8,12-13,15-17,19,21,26,30H,6-7,9-11,14,34H2,1-2H3,(H,36,38)(H,37,41). The molecule has 1 aromatic carbocycles. The summed E-state index contributed by atoms with van der Waals surface area (Å²) in [6.07, 6.45) is 8.13. The second-order valence-corrected chi connectivity index (χ2v) is 11.5. The van der Waals surface area contributed by atoms with Gasteiger partial charge < -0.3 is 21.1 Å². The summed E-state index contributed by atoms with van der Waals surface area (Å²) in [5.41, 5.74) is 9.59. The lowest BCUT2D eigenvalue weighted by atomic mass is 9.73. The number of halogens is 2. The highest BCUT2D eigenvalue weighted by molar-refractivity contribution is 5.73. The molecule has 220 valence electrons. The summed E-state index contributed by atoms with van der Waals surface area (Å²) in [5.74, 6) is -0.588. The van der Waals surface area contributed by atoms with E-state index in [4.69, 9.17) is 10.5 Å². The van der Waals surface area contributed by atoms with Gasteiger partial charge in [-0.1, -0.05) is 6.92 Å². The number of nitrogens with one attached hydrogen (secondary N) is 2. The number of carbonyl (C=O) groups excluding carboxylic acids is 1. The quantitative estimate of drug-likeness (QED) is 0.294. The first-order chi connectivity index (χ1) is 20.3. The highest BCUT2D eigenvalue weighted by atomic mass is 19.1. The van der Waals surface area contributed by atoms with E-state index in [1.54, 1.807) is 35.2 Å². The SMILES string of the molecule is CC(=O)NC1C(C)CC(c2ccncc2Nc2ncc3ccc(-c4c(F)cc(C5CCOCC5)cc4F)nn23)CC1N. The molecule has 3 aromatic heterocycles. The van der Waals surface area contributed by atoms with Crippen molar-refractivity contribution in [2.45, 2.75) is 63.5 Å². The minimum atomic E-state index is -0.646. The molecule has 1 saturated carbocycles. The van der Waals surface area contributed by atoms with Gasteiger partial charge in [0.25, 0.3) is 0 Å². The predicted octanol–water partition coefficient (Wildman–Crippen LogP) is 5.05. The van der Waals surface area contributed by atoms with E-state index < -0.39 is 11.6 Å². The maximum absolute atomic E-state index is 15.4. The molecule has 6 rings (SSSR count). The summed E-state index contributed by atoms with van der Waals surface area (Å²) >= 11 is 0. The second-order valence-electron chi connectivity index (χ2n) is 11.5. The topological polar surface area (TPSA) is 119 Å². The molecule has 2 fully saturated rings. The van der Waals surface area contributed by atoms with Crippen molar-refractivity contribution in [1.82, 2.24) is 24.9 Å². The maximum Gasteiger partial charge on any atom is 0.229 e. The van der Waals surface area contributed by atoms with Crippen molar-refractivity contribution in [1.29, 1.82) is 0 Å². The van der Waals surface area contributed by atoms with Gasteiger partial charge in [-0.3, -0.25) is 9.78 Å². The van der Waals surface area contributed by atoms with Crippen molar-refractivity contribution in [2.75, 3.05) is 18.5 Å². The summed E-state index contributed by atoms with van der Waals surface area (Å²) in [4.78, 5) is 20.5. The minimum absolute atomic E-state index is 0.0726. The molecule has 0 spiro atoms. The van der Waals surface area contributed by atoms with E-state index in [-0.39, 0.29) is 47.0 Å². The number of amides is 1. The van der Waals surface area contributed by atoms with E-state index in [1.165, 1.54) is 19.1 Å². The van der Waals surface area contributed by atoms with E-state index in [1.807, 2.05) is 6.07 Å². The third-order valence-electron chi connectivity index (χ3n) is 8.60. The van der Waals surface area contributed by atoms with Crippen molar-refractivity contribution < 1.29 is 18.3 Å². The molecule has 2 aliphatic rings. The van der Waals surface area contributed by atoms with Crippen LogP contribution in [-0.2, 0) is 9.53 Å². The monoisotopic (exact) mass is 575 g/mol. The van der Waals surface area contributed by atoms with Gasteiger partial charge in [0.05, 0.1) is 34.9 Å². The first-order valence-corrected chi connectivity index (χ1v) is 14.4. The van der Waals surface area contributed by atoms with Crippen LogP contribution in [0.1, 0.15) is 62.5 Å². The van der Waals surface area contributed by atoms with Crippen molar-refractivity contribution in [3.63, 3.8) is 0 Å². The molecule has 1 aliphatic carbocycles. The van der Waals surface area contributed by atoms with Crippen LogP contribution in [0.3, 0.4) is 0 Å². The largest absolute Gasteiger partial charge is 0.381 e. The zero-order valence-electron chi connectivity index (χ0n) is 23.7. The van der Waals surface area contributed by atoms with Crippen LogP contribution < -0.4 is 16.4 Å². The van der Waals surface area contributed by atoms with Gasteiger partial charge in [-0.2, -0.15) is 9.61 Å². The number of hydrogen-bond acceptors (Lipinski definition) is 7. The number of nitrogens with zero attached hydrogens (tertiary/aromatic N) is 4. The lowest BCUT2D eigenvalue weighted by Crippen LogP contribution is -2.54. The van der Waals surface area contributed by atoms with Crippen molar-refractivity contribution in [3.05, 3.63) is 71.7 Å². The third kappa shape index (κ3) is 5.58. The summed E-state index contributed by atoms with van der Waals surface area (Å²) in [6.45, 7) is 4.79. The summed E-state index contributed by atoms with van der Waals surface area (Å²) in [7, 11) is 0. The molecule has 9 nitrogen and oxygen atoms in total. The van der Waals surface area contributed by atoms with E-state index >= 15 is 8.78 Å². The average Bonchev–Trinajstić information content (AvgIpc) is 3.37. The van der Waals surface area contributed by atoms with Gasteiger partial charge in [0.1, 0.15) is 11.6 Å². The Morgan fingerprint density at radius 3 is 2.55 bits per heavy atom. The molecule has 4 heterocycles. The summed E-state index contributed by atoms with van der Waals surface area (Å²) in [6, 6.07) is 7.86. The average molecular weight is 576 g/mol. The van der Waals surface area contributed by atoms with Gasteiger partial charge in [0.2, 0.25) is 11.9 Å². The van der Waals surface area contributed by atoms with Crippen LogP contribution in [0.25, 0.3) is 16.8 Å². The van der Waals surface area contributed by atoms with Gasteiger partial charge in [-0.05, 0) is 84.9 Å². The number of ether oxygens (including phenoxy) is 1. The molecule has 1 amide bonds. The van der Waals surface area contributed by atoms with Crippen LogP contribution in [0.15, 0.2) is 48.9 Å². The van der Waals surface area contributed by atoms with E-state index in [0.717, 1.165) is 30.5 Å². The number of carbonyl (C=O) groups is 1. The normalized spacial score (nSPS) is 23.2. The van der Waals surface area contributed by atoms with E-state index in [0.29, 0.717) is 36.7 Å². The first-order valence-electron chi connectivity index (χ1n) is 14.4. The highest BCUT2D eigenvalue weighted by Crippen LogP contribution is 2.39. The van der Waals surface area contributed by atoms with E-state index in [2.05, 4.69) is 32.6 Å². The third-order valence-corrected chi connectivity index (χ3v) is 8.60. The zero-order valence-corrected chi connectivity index (χ0v) is 23.7. The fourth-order valence-corrected chi connectivity index (χ4v) is 6.52. The van der Waals surface area contributed by atoms with Crippen LogP contribution in [-0.4, -0.2) is 50.8 Å². The smallest absolute Gasteiger partial charge is 0.229 e. The molecular weight excluding hydrogens is 540 g/mol. The van der Waals surface area contributed by atoms with Gasteiger partial charge in [0.15, 0.2) is 0 Å². The molecule has 4 aromatic rings. The number of imidazole rings is 1. The van der Waals surface area contributed by atoms with Crippen molar-refractivity contribution in [2.24, 2.45) is 11.7 Å². The number of fused-ring (bicyclic) bond motifs is 1. The Bertz CT molecular complexity index is 1570. The molecule has 4 unspecified atom stereocenters. The van der Waals surface area contributed by atoms with Crippen molar-refractivity contribution in [3.8, 4) is 11.3 Å². The first kappa shape index (κ1) is 28.2. The maximum atomic E-state index is 15.4. The fraction of sp³-hybridized carbons (Fsp3) is 0.419. The fourth-order valence-electron chi connectivity index (χ4n) is 6.52. The molecule has 4 atom stereocenters. The number of hydrogen-bond donors (Lipinski definition) is 3. The Morgan fingerprint density at radius 1 is 1.07 bits per heavy atom. The Hall–Kier alpha value is -3.96. The molecular formula is C31H35F2N7O2. The number of rotatable bonds is 6. The van der Waals surface area contributed by atoms with Crippen LogP contribution >= 0.6 is 0 Å². The van der Waals surface area contributed by atoms with Gasteiger partial charge >= 0.3 is 0 Å². The summed E-state index contributed by atoms with van der Waals surface area (Å²) in [5, 5.41) is 10.9. The number of aromatic nitrogens is 4. The molecule has 11 heteroatoms. The second kappa shape index (κ2) is 11.7. The van der Waals surface area contributed by atoms with Crippen LogP contribution in [0.4, 0.5) is 20.4 Å².